The number of hydrogen-bond donors (Lipinski definition) is 0. The van der Waals surface area contributed by atoms with Crippen LogP contribution in [-0.4, -0.2) is 11.5 Å². The molecule has 0 atom stereocenters. The van der Waals surface area contributed by atoms with Crippen LogP contribution in [0.4, 0.5) is 15.9 Å². The second-order valence-electron chi connectivity index (χ2n) is 3.71. The van der Waals surface area contributed by atoms with Crippen LogP contribution < -0.4 is 4.90 Å². The fraction of sp³-hybridized carbons (Fsp3) is 0.143. The standard InChI is InChI=1S/C14H12FN3/c1-2-18(13-6-4-3-5-12(13)15)14-8-7-11(9-16)10-17-14/h3-8,10H,2H2,1H3. The fourth-order valence-corrected chi connectivity index (χ4v) is 1.74. The molecule has 0 N–H and O–H groups in total. The smallest absolute Gasteiger partial charge is 0.146 e. The van der Waals surface area contributed by atoms with Crippen molar-refractivity contribution in [1.29, 1.82) is 5.26 Å². The third-order valence-electron chi connectivity index (χ3n) is 2.61. The van der Waals surface area contributed by atoms with Gasteiger partial charge in [-0.3, -0.25) is 0 Å². The fourth-order valence-electron chi connectivity index (χ4n) is 1.74. The summed E-state index contributed by atoms with van der Waals surface area (Å²) >= 11 is 0. The van der Waals surface area contributed by atoms with Crippen molar-refractivity contribution in [2.24, 2.45) is 0 Å². The van der Waals surface area contributed by atoms with E-state index in [1.807, 2.05) is 13.0 Å². The molecule has 4 heteroatoms. The molecular weight excluding hydrogens is 229 g/mol. The van der Waals surface area contributed by atoms with E-state index in [9.17, 15) is 4.39 Å². The van der Waals surface area contributed by atoms with Crippen molar-refractivity contribution >= 4 is 11.5 Å². The van der Waals surface area contributed by atoms with E-state index in [2.05, 4.69) is 4.98 Å². The first-order chi connectivity index (χ1) is 8.76. The molecule has 0 fully saturated rings. The molecule has 1 aromatic carbocycles. The predicted octanol–water partition coefficient (Wildman–Crippen LogP) is 3.25. The van der Waals surface area contributed by atoms with Crippen LogP contribution in [0.5, 0.6) is 0 Å². The van der Waals surface area contributed by atoms with Gasteiger partial charge in [0.15, 0.2) is 0 Å². The first-order valence-electron chi connectivity index (χ1n) is 5.64. The van der Waals surface area contributed by atoms with Gasteiger partial charge in [0.1, 0.15) is 17.7 Å². The average Bonchev–Trinajstić information content (AvgIpc) is 2.42. The maximum Gasteiger partial charge on any atom is 0.146 e. The Morgan fingerprint density at radius 2 is 2.06 bits per heavy atom. The highest BCUT2D eigenvalue weighted by molar-refractivity contribution is 5.60. The first-order valence-corrected chi connectivity index (χ1v) is 5.64. The highest BCUT2D eigenvalue weighted by Crippen LogP contribution is 2.25. The molecule has 90 valence electrons. The molecule has 0 bridgehead atoms. The van der Waals surface area contributed by atoms with E-state index in [0.29, 0.717) is 23.6 Å². The van der Waals surface area contributed by atoms with Gasteiger partial charge in [0, 0.05) is 12.7 Å². The van der Waals surface area contributed by atoms with E-state index in [4.69, 9.17) is 5.26 Å². The van der Waals surface area contributed by atoms with Crippen molar-refractivity contribution in [2.45, 2.75) is 6.92 Å². The lowest BCUT2D eigenvalue weighted by Gasteiger charge is -2.22. The first kappa shape index (κ1) is 12.1. The summed E-state index contributed by atoms with van der Waals surface area (Å²) in [6, 6.07) is 12.0. The van der Waals surface area contributed by atoms with Crippen molar-refractivity contribution in [1.82, 2.24) is 4.98 Å². The van der Waals surface area contributed by atoms with Gasteiger partial charge in [0.2, 0.25) is 0 Å². The lowest BCUT2D eigenvalue weighted by molar-refractivity contribution is 0.625. The summed E-state index contributed by atoms with van der Waals surface area (Å²) < 4.78 is 13.7. The van der Waals surface area contributed by atoms with Crippen LogP contribution in [0.3, 0.4) is 0 Å². The van der Waals surface area contributed by atoms with Crippen LogP contribution in [-0.2, 0) is 0 Å². The van der Waals surface area contributed by atoms with Gasteiger partial charge in [-0.2, -0.15) is 5.26 Å². The maximum atomic E-state index is 13.7. The molecule has 0 aliphatic carbocycles. The van der Waals surface area contributed by atoms with E-state index in [0.717, 1.165) is 0 Å². The van der Waals surface area contributed by atoms with Gasteiger partial charge < -0.3 is 4.90 Å². The second-order valence-corrected chi connectivity index (χ2v) is 3.71. The molecule has 1 aromatic heterocycles. The number of nitrogens with zero attached hydrogens (tertiary/aromatic N) is 3. The van der Waals surface area contributed by atoms with E-state index in [1.54, 1.807) is 35.2 Å². The van der Waals surface area contributed by atoms with E-state index in [-0.39, 0.29) is 5.82 Å². The number of halogens is 1. The van der Waals surface area contributed by atoms with Gasteiger partial charge >= 0.3 is 0 Å². The molecule has 18 heavy (non-hydrogen) atoms. The molecule has 2 rings (SSSR count). The highest BCUT2D eigenvalue weighted by atomic mass is 19.1. The summed E-state index contributed by atoms with van der Waals surface area (Å²) in [4.78, 5) is 5.94. The zero-order valence-corrected chi connectivity index (χ0v) is 9.97. The largest absolute Gasteiger partial charge is 0.324 e. The Hall–Kier alpha value is -2.41. The van der Waals surface area contributed by atoms with E-state index in [1.165, 1.54) is 12.3 Å². The van der Waals surface area contributed by atoms with Crippen molar-refractivity contribution in [3.63, 3.8) is 0 Å². The van der Waals surface area contributed by atoms with Crippen LogP contribution >= 0.6 is 0 Å². The van der Waals surface area contributed by atoms with Crippen LogP contribution in [0.25, 0.3) is 0 Å². The molecule has 0 saturated carbocycles. The Labute approximate surface area is 105 Å². The van der Waals surface area contributed by atoms with Gasteiger partial charge in [-0.15, -0.1) is 0 Å². The Kier molecular flexibility index (Phi) is 3.54. The van der Waals surface area contributed by atoms with Gasteiger partial charge in [-0.1, -0.05) is 12.1 Å². The van der Waals surface area contributed by atoms with Crippen molar-refractivity contribution in [3.05, 3.63) is 54.0 Å². The van der Waals surface area contributed by atoms with Crippen molar-refractivity contribution in [3.8, 4) is 6.07 Å². The number of nitriles is 1. The van der Waals surface area contributed by atoms with Crippen LogP contribution in [0.15, 0.2) is 42.6 Å². The van der Waals surface area contributed by atoms with E-state index < -0.39 is 0 Å². The Morgan fingerprint density at radius 3 is 2.61 bits per heavy atom. The Morgan fingerprint density at radius 1 is 1.28 bits per heavy atom. The molecule has 0 spiro atoms. The molecule has 0 aliphatic heterocycles. The minimum Gasteiger partial charge on any atom is -0.324 e. The summed E-state index contributed by atoms with van der Waals surface area (Å²) in [6.07, 6.45) is 1.48. The number of aromatic nitrogens is 1. The zero-order chi connectivity index (χ0) is 13.0. The van der Waals surface area contributed by atoms with E-state index >= 15 is 0 Å². The molecule has 0 amide bonds. The molecule has 2 aromatic rings. The number of hydrogen-bond acceptors (Lipinski definition) is 3. The Balaban J connectivity index is 2.40. The summed E-state index contributed by atoms with van der Waals surface area (Å²) in [5.74, 6) is 0.340. The molecule has 1 heterocycles. The summed E-state index contributed by atoms with van der Waals surface area (Å²) in [5, 5.41) is 8.72. The summed E-state index contributed by atoms with van der Waals surface area (Å²) in [6.45, 7) is 2.52. The van der Waals surface area contributed by atoms with Crippen molar-refractivity contribution in [2.75, 3.05) is 11.4 Å². The lowest BCUT2D eigenvalue weighted by atomic mass is 10.2. The molecule has 3 nitrogen and oxygen atoms in total. The number of rotatable bonds is 3. The Bertz CT molecular complexity index is 572. The van der Waals surface area contributed by atoms with Gasteiger partial charge in [0.25, 0.3) is 0 Å². The SMILES string of the molecule is CCN(c1ccc(C#N)cn1)c1ccccc1F. The monoisotopic (exact) mass is 241 g/mol. The predicted molar refractivity (Wildman–Crippen MR) is 68.0 cm³/mol. The number of para-hydroxylation sites is 1. The summed E-state index contributed by atoms with van der Waals surface area (Å²) in [7, 11) is 0. The number of pyridine rings is 1. The third-order valence-corrected chi connectivity index (χ3v) is 2.61. The van der Waals surface area contributed by atoms with Gasteiger partial charge in [-0.05, 0) is 31.2 Å². The lowest BCUT2D eigenvalue weighted by Crippen LogP contribution is -2.18. The number of anilines is 2. The second kappa shape index (κ2) is 5.28. The topological polar surface area (TPSA) is 39.9 Å². The maximum absolute atomic E-state index is 13.7. The zero-order valence-electron chi connectivity index (χ0n) is 9.97. The number of benzene rings is 1. The molecule has 0 aliphatic rings. The molecule has 0 radical (unpaired) electrons. The third kappa shape index (κ3) is 2.30. The van der Waals surface area contributed by atoms with Crippen LogP contribution in [0.1, 0.15) is 12.5 Å². The summed E-state index contributed by atoms with van der Waals surface area (Å²) in [5.41, 5.74) is 0.973. The quantitative estimate of drug-likeness (QED) is 0.828. The average molecular weight is 241 g/mol. The molecule has 0 saturated heterocycles. The molecular formula is C14H12FN3. The molecule has 0 unspecified atom stereocenters. The van der Waals surface area contributed by atoms with Crippen molar-refractivity contribution < 1.29 is 4.39 Å². The minimum atomic E-state index is -0.287. The van der Waals surface area contributed by atoms with Gasteiger partial charge in [-0.25, -0.2) is 9.37 Å². The minimum absolute atomic E-state index is 0.287. The van der Waals surface area contributed by atoms with Crippen LogP contribution in [0, 0.1) is 17.1 Å². The normalized spacial score (nSPS) is 9.83. The van der Waals surface area contributed by atoms with Crippen LogP contribution in [0.2, 0.25) is 0 Å². The highest BCUT2D eigenvalue weighted by Gasteiger charge is 2.12. The van der Waals surface area contributed by atoms with Gasteiger partial charge in [0.05, 0.1) is 11.3 Å².